The van der Waals surface area contributed by atoms with Crippen LogP contribution in [0.5, 0.6) is 0 Å². The number of carbonyl (C=O) groups is 4. The van der Waals surface area contributed by atoms with E-state index in [1.807, 2.05) is 12.2 Å². The van der Waals surface area contributed by atoms with Crippen LogP contribution >= 0.6 is 11.6 Å². The fourth-order valence-electron chi connectivity index (χ4n) is 6.47. The number of carbonyl (C=O) groups excluding carboxylic acids is 4. The lowest BCUT2D eigenvalue weighted by atomic mass is 9.74. The molecule has 0 aliphatic carbocycles. The van der Waals surface area contributed by atoms with Crippen molar-refractivity contribution in [3.05, 3.63) is 53.6 Å². The number of halogens is 1. The van der Waals surface area contributed by atoms with Gasteiger partial charge in [0.15, 0.2) is 0 Å². The zero-order valence-corrected chi connectivity index (χ0v) is 24.5. The normalized spacial score (nSPS) is 32.2. The number of nitrogens with zero attached hydrogens (tertiary/aromatic N) is 2. The average Bonchev–Trinajstić information content (AvgIpc) is 3.61. The van der Waals surface area contributed by atoms with Crippen molar-refractivity contribution in [1.82, 2.24) is 10.2 Å². The third-order valence-electron chi connectivity index (χ3n) is 8.49. The molecule has 0 aromatic heterocycles. The smallest absolute Gasteiger partial charge is 0.313 e. The molecule has 2 fully saturated rings. The van der Waals surface area contributed by atoms with Gasteiger partial charge in [-0.2, -0.15) is 0 Å². The minimum Gasteiger partial charge on any atom is -0.460 e. The van der Waals surface area contributed by atoms with Crippen molar-refractivity contribution in [3.63, 3.8) is 0 Å². The van der Waals surface area contributed by atoms with Crippen LogP contribution in [0.4, 0.5) is 5.69 Å². The molecule has 42 heavy (non-hydrogen) atoms. The Balaban J connectivity index is 1.54. The number of unbranched alkanes of at least 4 members (excludes halogenated alkanes) is 3. The lowest BCUT2D eigenvalue weighted by Gasteiger charge is -2.36. The maximum Gasteiger partial charge on any atom is 0.313 e. The van der Waals surface area contributed by atoms with E-state index >= 15 is 0 Å². The summed E-state index contributed by atoms with van der Waals surface area (Å²) in [5.74, 6) is -3.21. The Bertz CT molecular complexity index is 1250. The summed E-state index contributed by atoms with van der Waals surface area (Å²) in [5, 5.41) is 12.5. The quantitative estimate of drug-likeness (QED) is 0.280. The second-order valence-electron chi connectivity index (χ2n) is 11.4. The molecular weight excluding hydrogens is 562 g/mol. The van der Waals surface area contributed by atoms with Gasteiger partial charge in [-0.25, -0.2) is 0 Å². The van der Waals surface area contributed by atoms with Crippen LogP contribution in [-0.4, -0.2) is 83.8 Å². The van der Waals surface area contributed by atoms with Crippen molar-refractivity contribution in [3.8, 4) is 0 Å². The molecule has 2 saturated heterocycles. The van der Waals surface area contributed by atoms with Gasteiger partial charge in [0.05, 0.1) is 18.6 Å². The Morgan fingerprint density at radius 1 is 1.05 bits per heavy atom. The summed E-state index contributed by atoms with van der Waals surface area (Å²) in [5.41, 5.74) is -0.714. The topological polar surface area (TPSA) is 125 Å². The number of rotatable bonds is 7. The van der Waals surface area contributed by atoms with Crippen LogP contribution in [0.1, 0.15) is 45.4 Å². The molecule has 4 aliphatic heterocycles. The molecule has 11 heteroatoms. The maximum absolute atomic E-state index is 14.6. The number of allylic oxidation sites excluding steroid dienone is 1. The van der Waals surface area contributed by atoms with Gasteiger partial charge in [-0.1, -0.05) is 48.7 Å². The molecule has 6 atom stereocenters. The van der Waals surface area contributed by atoms with Crippen LogP contribution < -0.4 is 10.2 Å². The number of cyclic esters (lactones) is 1. The highest BCUT2D eigenvalue weighted by Gasteiger charge is 2.73. The molecule has 4 aliphatic rings. The Hall–Kier alpha value is -3.21. The molecule has 4 heterocycles. The van der Waals surface area contributed by atoms with Gasteiger partial charge >= 0.3 is 5.97 Å². The number of fused-ring (bicyclic) bond motifs is 2. The molecule has 5 bridgehead atoms. The van der Waals surface area contributed by atoms with E-state index in [1.165, 1.54) is 0 Å². The number of likely N-dealkylation sites (tertiary alicyclic amines) is 1. The van der Waals surface area contributed by atoms with Gasteiger partial charge in [0.1, 0.15) is 23.7 Å². The van der Waals surface area contributed by atoms with E-state index in [9.17, 15) is 19.2 Å². The maximum atomic E-state index is 14.6. The van der Waals surface area contributed by atoms with Crippen molar-refractivity contribution in [1.29, 1.82) is 0 Å². The SMILES string of the molecule is C[C@@H]1CNC(=O)CC/C=C\CN(c2ccc(Cl)cc2)C(=O)[C@@H]2N(CCCCCCO)C(=O)[C@H]3[C@H](C(=O)O1)[C@@H]1C=C[C@]23O1. The molecule has 0 unspecified atom stereocenters. The van der Waals surface area contributed by atoms with E-state index in [4.69, 9.17) is 26.2 Å². The summed E-state index contributed by atoms with van der Waals surface area (Å²) in [6.45, 7) is 2.46. The lowest BCUT2D eigenvalue weighted by Crippen LogP contribution is -2.56. The largest absolute Gasteiger partial charge is 0.460 e. The second kappa shape index (κ2) is 13.0. The van der Waals surface area contributed by atoms with Crippen molar-refractivity contribution in [2.45, 2.75) is 69.3 Å². The van der Waals surface area contributed by atoms with Crippen molar-refractivity contribution < 1.29 is 33.8 Å². The average molecular weight is 600 g/mol. The van der Waals surface area contributed by atoms with Gasteiger partial charge in [0.2, 0.25) is 11.8 Å². The number of esters is 1. The lowest BCUT2D eigenvalue weighted by molar-refractivity contribution is -0.158. The zero-order valence-electron chi connectivity index (χ0n) is 23.7. The summed E-state index contributed by atoms with van der Waals surface area (Å²) < 4.78 is 12.1. The first kappa shape index (κ1) is 30.3. The van der Waals surface area contributed by atoms with E-state index < -0.39 is 41.7 Å². The second-order valence-corrected chi connectivity index (χ2v) is 11.8. The predicted molar refractivity (Wildman–Crippen MR) is 156 cm³/mol. The molecule has 0 radical (unpaired) electrons. The number of amides is 3. The van der Waals surface area contributed by atoms with Crippen LogP contribution in [0.15, 0.2) is 48.6 Å². The van der Waals surface area contributed by atoms with Crippen LogP contribution in [-0.2, 0) is 28.7 Å². The first-order chi connectivity index (χ1) is 20.3. The summed E-state index contributed by atoms with van der Waals surface area (Å²) in [6.07, 6.45) is 9.52. The predicted octanol–water partition coefficient (Wildman–Crippen LogP) is 2.77. The molecule has 1 spiro atoms. The van der Waals surface area contributed by atoms with Crippen LogP contribution in [0.2, 0.25) is 5.02 Å². The van der Waals surface area contributed by atoms with Gasteiger partial charge in [0.25, 0.3) is 5.91 Å². The molecular formula is C31H38ClN3O7. The van der Waals surface area contributed by atoms with Crippen molar-refractivity contribution >= 4 is 41.0 Å². The standard InChI is InChI=1S/C31H38ClN3O7/c1-20-19-33-24(37)9-5-4-7-16-34(22-12-10-21(32)11-13-22)29(39)27-31-15-14-23(42-31)25(30(40)41-20)26(31)28(38)35(27)17-6-2-3-8-18-36/h4,7,10-15,20,23,25-27,36H,2-3,5-6,8-9,16-19H2,1H3,(H,33,37)/b7-4-/t20-,23+,25-,26-,27+,31-/m1/s1. The molecule has 10 nitrogen and oxygen atoms in total. The number of benzene rings is 1. The van der Waals surface area contributed by atoms with Gasteiger partial charge in [-0.3, -0.25) is 19.2 Å². The fourth-order valence-corrected chi connectivity index (χ4v) is 6.60. The summed E-state index contributed by atoms with van der Waals surface area (Å²) >= 11 is 6.15. The molecule has 0 saturated carbocycles. The van der Waals surface area contributed by atoms with Crippen LogP contribution in [0.25, 0.3) is 0 Å². The highest BCUT2D eigenvalue weighted by atomic mass is 35.5. The Morgan fingerprint density at radius 2 is 1.81 bits per heavy atom. The van der Waals surface area contributed by atoms with Gasteiger partial charge in [-0.05, 0) is 50.5 Å². The summed E-state index contributed by atoms with van der Waals surface area (Å²) in [4.78, 5) is 57.8. The molecule has 2 N–H and O–H groups in total. The minimum atomic E-state index is -1.31. The van der Waals surface area contributed by atoms with E-state index in [0.717, 1.165) is 12.8 Å². The van der Waals surface area contributed by atoms with E-state index in [0.29, 0.717) is 36.5 Å². The van der Waals surface area contributed by atoms with E-state index in [2.05, 4.69) is 5.32 Å². The fraction of sp³-hybridized carbons (Fsp3) is 0.548. The number of hydrogen-bond donors (Lipinski definition) is 2. The van der Waals surface area contributed by atoms with Gasteiger partial charge < -0.3 is 29.7 Å². The molecule has 1 aromatic carbocycles. The first-order valence-corrected chi connectivity index (χ1v) is 15.1. The monoisotopic (exact) mass is 599 g/mol. The van der Waals surface area contributed by atoms with Crippen LogP contribution in [0.3, 0.4) is 0 Å². The summed E-state index contributed by atoms with van der Waals surface area (Å²) in [7, 11) is 0. The molecule has 5 rings (SSSR count). The molecule has 1 aromatic rings. The van der Waals surface area contributed by atoms with Crippen LogP contribution in [0, 0.1) is 11.8 Å². The molecule has 226 valence electrons. The van der Waals surface area contributed by atoms with Crippen molar-refractivity contribution in [2.24, 2.45) is 11.8 Å². The van der Waals surface area contributed by atoms with Gasteiger partial charge in [-0.15, -0.1) is 0 Å². The number of anilines is 1. The zero-order chi connectivity index (χ0) is 29.9. The Kier molecular flexibility index (Phi) is 9.35. The van der Waals surface area contributed by atoms with E-state index in [-0.39, 0.29) is 43.8 Å². The highest BCUT2D eigenvalue weighted by molar-refractivity contribution is 6.30. The molecule has 3 amide bonds. The van der Waals surface area contributed by atoms with E-state index in [1.54, 1.807) is 53.1 Å². The summed E-state index contributed by atoms with van der Waals surface area (Å²) in [6, 6.07) is 5.91. The number of hydrogen-bond acceptors (Lipinski definition) is 7. The third-order valence-corrected chi connectivity index (χ3v) is 8.74. The highest BCUT2D eigenvalue weighted by Crippen LogP contribution is 2.55. The number of nitrogens with one attached hydrogen (secondary N) is 1. The first-order valence-electron chi connectivity index (χ1n) is 14.7. The third kappa shape index (κ3) is 5.85. The van der Waals surface area contributed by atoms with Gasteiger partial charge in [0, 0.05) is 36.8 Å². The number of aliphatic hydroxyl groups is 1. The number of ether oxygens (including phenoxy) is 2. The number of aliphatic hydroxyl groups excluding tert-OH is 1. The minimum absolute atomic E-state index is 0.102. The van der Waals surface area contributed by atoms with Crippen molar-refractivity contribution in [2.75, 3.05) is 31.1 Å². The Labute approximate surface area is 250 Å². The Morgan fingerprint density at radius 3 is 2.57 bits per heavy atom.